The lowest BCUT2D eigenvalue weighted by atomic mass is 10.2. The Balaban J connectivity index is 2.00. The summed E-state index contributed by atoms with van der Waals surface area (Å²) in [7, 11) is 0. The van der Waals surface area contributed by atoms with Crippen LogP contribution in [0.3, 0.4) is 0 Å². The standard InChI is InChI=1S/C13H10BrN3/c14-12-5-10(6-15-8-12)9-17-13-4-2-1-3-11(13)7-16-17/h1-8H,9H2. The van der Waals surface area contributed by atoms with Crippen LogP contribution in [0.25, 0.3) is 10.9 Å². The van der Waals surface area contributed by atoms with Crippen LogP contribution in [0.1, 0.15) is 5.56 Å². The Labute approximate surface area is 107 Å². The zero-order valence-corrected chi connectivity index (χ0v) is 10.6. The molecule has 0 N–H and O–H groups in total. The third kappa shape index (κ3) is 2.08. The van der Waals surface area contributed by atoms with E-state index in [2.05, 4.69) is 44.2 Å². The van der Waals surface area contributed by atoms with Gasteiger partial charge in [0.2, 0.25) is 0 Å². The van der Waals surface area contributed by atoms with Gasteiger partial charge in [0.15, 0.2) is 0 Å². The van der Waals surface area contributed by atoms with Crippen LogP contribution in [-0.4, -0.2) is 14.8 Å². The molecular formula is C13H10BrN3. The lowest BCUT2D eigenvalue weighted by Gasteiger charge is -2.03. The van der Waals surface area contributed by atoms with Crippen LogP contribution >= 0.6 is 15.9 Å². The van der Waals surface area contributed by atoms with E-state index >= 15 is 0 Å². The monoisotopic (exact) mass is 287 g/mol. The van der Waals surface area contributed by atoms with E-state index in [1.165, 1.54) is 0 Å². The Morgan fingerprint density at radius 1 is 1.12 bits per heavy atom. The molecular weight excluding hydrogens is 278 g/mol. The van der Waals surface area contributed by atoms with Crippen LogP contribution in [0, 0.1) is 0 Å². The van der Waals surface area contributed by atoms with Gasteiger partial charge in [-0.15, -0.1) is 0 Å². The van der Waals surface area contributed by atoms with E-state index in [1.54, 1.807) is 6.20 Å². The molecule has 17 heavy (non-hydrogen) atoms. The zero-order valence-electron chi connectivity index (χ0n) is 9.05. The topological polar surface area (TPSA) is 30.7 Å². The van der Waals surface area contributed by atoms with E-state index in [4.69, 9.17) is 0 Å². The maximum absolute atomic E-state index is 4.39. The molecule has 4 heteroatoms. The maximum Gasteiger partial charge on any atom is 0.0686 e. The third-order valence-corrected chi connectivity index (χ3v) is 3.08. The molecule has 0 aliphatic heterocycles. The zero-order chi connectivity index (χ0) is 11.7. The molecule has 3 aromatic rings. The summed E-state index contributed by atoms with van der Waals surface area (Å²) in [5, 5.41) is 5.56. The van der Waals surface area contributed by atoms with E-state index in [0.717, 1.165) is 27.5 Å². The van der Waals surface area contributed by atoms with E-state index < -0.39 is 0 Å². The average Bonchev–Trinajstić information content (AvgIpc) is 2.73. The van der Waals surface area contributed by atoms with Gasteiger partial charge in [0.1, 0.15) is 0 Å². The van der Waals surface area contributed by atoms with Gasteiger partial charge in [-0.05, 0) is 33.6 Å². The number of hydrogen-bond acceptors (Lipinski definition) is 2. The van der Waals surface area contributed by atoms with Crippen molar-refractivity contribution in [2.24, 2.45) is 0 Å². The summed E-state index contributed by atoms with van der Waals surface area (Å²) in [6.45, 7) is 0.736. The van der Waals surface area contributed by atoms with E-state index in [1.807, 2.05) is 29.2 Å². The lowest BCUT2D eigenvalue weighted by molar-refractivity contribution is 0.709. The molecule has 0 atom stereocenters. The summed E-state index contributed by atoms with van der Waals surface area (Å²) in [6, 6.07) is 10.3. The first-order valence-electron chi connectivity index (χ1n) is 5.33. The van der Waals surface area contributed by atoms with Gasteiger partial charge >= 0.3 is 0 Å². The van der Waals surface area contributed by atoms with E-state index in [-0.39, 0.29) is 0 Å². The smallest absolute Gasteiger partial charge is 0.0686 e. The van der Waals surface area contributed by atoms with Gasteiger partial charge < -0.3 is 0 Å². The molecule has 84 valence electrons. The van der Waals surface area contributed by atoms with Crippen molar-refractivity contribution in [1.29, 1.82) is 0 Å². The highest BCUT2D eigenvalue weighted by Crippen LogP contribution is 2.15. The molecule has 0 amide bonds. The molecule has 0 spiro atoms. The number of pyridine rings is 1. The number of para-hydroxylation sites is 1. The van der Waals surface area contributed by atoms with Gasteiger partial charge in [-0.25, -0.2) is 0 Å². The summed E-state index contributed by atoms with van der Waals surface area (Å²) >= 11 is 3.42. The second kappa shape index (κ2) is 4.30. The largest absolute Gasteiger partial charge is 0.263 e. The number of fused-ring (bicyclic) bond motifs is 1. The predicted molar refractivity (Wildman–Crippen MR) is 70.8 cm³/mol. The van der Waals surface area contributed by atoms with Crippen LogP contribution < -0.4 is 0 Å². The van der Waals surface area contributed by atoms with Gasteiger partial charge in [-0.3, -0.25) is 9.67 Å². The van der Waals surface area contributed by atoms with E-state index in [9.17, 15) is 0 Å². The fraction of sp³-hybridized carbons (Fsp3) is 0.0769. The first-order valence-corrected chi connectivity index (χ1v) is 6.12. The van der Waals surface area contributed by atoms with Gasteiger partial charge in [0, 0.05) is 22.3 Å². The number of hydrogen-bond donors (Lipinski definition) is 0. The lowest BCUT2D eigenvalue weighted by Crippen LogP contribution is -2.01. The molecule has 2 aromatic heterocycles. The molecule has 0 bridgehead atoms. The molecule has 1 aromatic carbocycles. The van der Waals surface area contributed by atoms with Crippen LogP contribution in [0.15, 0.2) is 53.4 Å². The van der Waals surface area contributed by atoms with Crippen LogP contribution in [-0.2, 0) is 6.54 Å². The van der Waals surface area contributed by atoms with Gasteiger partial charge in [0.25, 0.3) is 0 Å². The Kier molecular flexibility index (Phi) is 2.65. The summed E-state index contributed by atoms with van der Waals surface area (Å²) in [6.07, 6.45) is 5.53. The minimum absolute atomic E-state index is 0.736. The van der Waals surface area contributed by atoms with Crippen molar-refractivity contribution in [3.8, 4) is 0 Å². The molecule has 2 heterocycles. The fourth-order valence-electron chi connectivity index (χ4n) is 1.87. The average molecular weight is 288 g/mol. The highest BCUT2D eigenvalue weighted by atomic mass is 79.9. The molecule has 0 saturated heterocycles. The number of benzene rings is 1. The number of halogens is 1. The van der Waals surface area contributed by atoms with Gasteiger partial charge in [0.05, 0.1) is 18.3 Å². The molecule has 0 aliphatic carbocycles. The normalized spacial score (nSPS) is 10.9. The minimum atomic E-state index is 0.736. The summed E-state index contributed by atoms with van der Waals surface area (Å²) in [4.78, 5) is 4.16. The Hall–Kier alpha value is -1.68. The summed E-state index contributed by atoms with van der Waals surface area (Å²) in [5.74, 6) is 0. The van der Waals surface area contributed by atoms with Crippen molar-refractivity contribution >= 4 is 26.8 Å². The molecule has 3 nitrogen and oxygen atoms in total. The maximum atomic E-state index is 4.39. The fourth-order valence-corrected chi connectivity index (χ4v) is 2.28. The second-order valence-electron chi connectivity index (χ2n) is 3.87. The number of rotatable bonds is 2. The van der Waals surface area contributed by atoms with Gasteiger partial charge in [-0.2, -0.15) is 5.10 Å². The molecule has 3 rings (SSSR count). The quantitative estimate of drug-likeness (QED) is 0.724. The second-order valence-corrected chi connectivity index (χ2v) is 4.79. The van der Waals surface area contributed by atoms with E-state index in [0.29, 0.717) is 0 Å². The third-order valence-electron chi connectivity index (χ3n) is 2.64. The molecule has 0 radical (unpaired) electrons. The van der Waals surface area contributed by atoms with Crippen molar-refractivity contribution < 1.29 is 0 Å². The molecule has 0 fully saturated rings. The summed E-state index contributed by atoms with van der Waals surface area (Å²) in [5.41, 5.74) is 2.28. The highest BCUT2D eigenvalue weighted by Gasteiger charge is 2.02. The first-order chi connectivity index (χ1) is 8.33. The van der Waals surface area contributed by atoms with Crippen molar-refractivity contribution in [3.63, 3.8) is 0 Å². The Bertz CT molecular complexity index is 660. The minimum Gasteiger partial charge on any atom is -0.263 e. The number of aromatic nitrogens is 3. The molecule has 0 aliphatic rings. The van der Waals surface area contributed by atoms with Crippen molar-refractivity contribution in [2.75, 3.05) is 0 Å². The first kappa shape index (κ1) is 10.5. The number of nitrogens with zero attached hydrogens (tertiary/aromatic N) is 3. The molecule has 0 saturated carbocycles. The van der Waals surface area contributed by atoms with Crippen LogP contribution in [0.2, 0.25) is 0 Å². The van der Waals surface area contributed by atoms with Crippen LogP contribution in [0.5, 0.6) is 0 Å². The van der Waals surface area contributed by atoms with Crippen molar-refractivity contribution in [3.05, 3.63) is 59.0 Å². The Morgan fingerprint density at radius 3 is 2.88 bits per heavy atom. The van der Waals surface area contributed by atoms with Crippen molar-refractivity contribution in [1.82, 2.24) is 14.8 Å². The SMILES string of the molecule is Brc1cncc(Cn2ncc3ccccc32)c1. The predicted octanol–water partition coefficient (Wildman–Crippen LogP) is 3.24. The van der Waals surface area contributed by atoms with Crippen LogP contribution in [0.4, 0.5) is 0 Å². The van der Waals surface area contributed by atoms with Gasteiger partial charge in [-0.1, -0.05) is 18.2 Å². The summed E-state index contributed by atoms with van der Waals surface area (Å²) < 4.78 is 2.98. The molecule has 0 unspecified atom stereocenters. The van der Waals surface area contributed by atoms with Crippen molar-refractivity contribution in [2.45, 2.75) is 6.54 Å². The Morgan fingerprint density at radius 2 is 2.00 bits per heavy atom. The highest BCUT2D eigenvalue weighted by molar-refractivity contribution is 9.10.